The van der Waals surface area contributed by atoms with Gasteiger partial charge in [-0.05, 0) is 44.7 Å². The molecule has 4 rings (SSSR count). The first kappa shape index (κ1) is 13.7. The van der Waals surface area contributed by atoms with Gasteiger partial charge in [0.25, 0.3) is 5.91 Å². The van der Waals surface area contributed by atoms with Gasteiger partial charge < -0.3 is 10.6 Å². The summed E-state index contributed by atoms with van der Waals surface area (Å²) in [6.45, 7) is 1.94. The Morgan fingerprint density at radius 2 is 1.95 bits per heavy atom. The van der Waals surface area contributed by atoms with Crippen LogP contribution in [-0.2, 0) is 0 Å². The summed E-state index contributed by atoms with van der Waals surface area (Å²) in [6, 6.07) is 11.2. The molecule has 0 radical (unpaired) electrons. The van der Waals surface area contributed by atoms with Gasteiger partial charge in [-0.3, -0.25) is 9.78 Å². The van der Waals surface area contributed by atoms with E-state index in [0.29, 0.717) is 18.1 Å². The molecule has 2 N–H and O–H groups in total. The zero-order valence-corrected chi connectivity index (χ0v) is 12.8. The van der Waals surface area contributed by atoms with Crippen LogP contribution in [0.5, 0.6) is 0 Å². The first-order valence-electron chi connectivity index (χ1n) is 8.12. The zero-order chi connectivity index (χ0) is 15.1. The zero-order valence-electron chi connectivity index (χ0n) is 12.8. The van der Waals surface area contributed by atoms with E-state index in [0.717, 1.165) is 35.0 Å². The summed E-state index contributed by atoms with van der Waals surface area (Å²) in [5.41, 5.74) is 2.52. The summed E-state index contributed by atoms with van der Waals surface area (Å²) in [5.74, 6) is 0.0352. The molecule has 2 fully saturated rings. The average Bonchev–Trinajstić information content (AvgIpc) is 2.85. The molecule has 0 spiro atoms. The molecule has 114 valence electrons. The molecule has 1 amide bonds. The Kier molecular flexibility index (Phi) is 3.34. The molecule has 1 aromatic carbocycles. The van der Waals surface area contributed by atoms with E-state index in [1.165, 1.54) is 12.8 Å². The number of hydrogen-bond donors (Lipinski definition) is 2. The maximum Gasteiger partial charge on any atom is 0.252 e. The Bertz CT molecular complexity index is 715. The minimum atomic E-state index is 0.0352. The van der Waals surface area contributed by atoms with Crippen molar-refractivity contribution >= 4 is 16.8 Å². The Morgan fingerprint density at radius 1 is 1.23 bits per heavy atom. The number of fused-ring (bicyclic) bond motifs is 3. The molecular weight excluding hydrogens is 274 g/mol. The number of amides is 1. The molecule has 1 aromatic heterocycles. The van der Waals surface area contributed by atoms with Crippen LogP contribution in [0, 0.1) is 6.92 Å². The summed E-state index contributed by atoms with van der Waals surface area (Å²) in [5, 5.41) is 7.79. The molecule has 4 heteroatoms. The van der Waals surface area contributed by atoms with E-state index in [1.807, 2.05) is 37.3 Å². The molecule has 4 nitrogen and oxygen atoms in total. The standard InChI is InChI=1S/C18H21N3O/c1-11-8-16(15-4-2-3-5-17(15)19-11)18(22)21-14-9-12-6-7-13(10-14)20-12/h2-5,8,12-14,20H,6-7,9-10H2,1H3,(H,21,22). The summed E-state index contributed by atoms with van der Waals surface area (Å²) >= 11 is 0. The van der Waals surface area contributed by atoms with E-state index in [2.05, 4.69) is 15.6 Å². The van der Waals surface area contributed by atoms with Gasteiger partial charge in [-0.15, -0.1) is 0 Å². The Labute approximate surface area is 130 Å². The van der Waals surface area contributed by atoms with Crippen LogP contribution >= 0.6 is 0 Å². The molecule has 2 aromatic rings. The van der Waals surface area contributed by atoms with Gasteiger partial charge >= 0.3 is 0 Å². The average molecular weight is 295 g/mol. The molecule has 2 bridgehead atoms. The van der Waals surface area contributed by atoms with Crippen LogP contribution < -0.4 is 10.6 Å². The van der Waals surface area contributed by atoms with Crippen LogP contribution in [0.3, 0.4) is 0 Å². The molecule has 22 heavy (non-hydrogen) atoms. The van der Waals surface area contributed by atoms with Crippen LogP contribution in [0.15, 0.2) is 30.3 Å². The summed E-state index contributed by atoms with van der Waals surface area (Å²) in [4.78, 5) is 17.3. The third-order valence-corrected chi connectivity index (χ3v) is 4.90. The monoisotopic (exact) mass is 295 g/mol. The van der Waals surface area contributed by atoms with E-state index in [9.17, 15) is 4.79 Å². The molecule has 0 saturated carbocycles. The molecule has 2 atom stereocenters. The number of aromatic nitrogens is 1. The van der Waals surface area contributed by atoms with E-state index in [1.54, 1.807) is 0 Å². The summed E-state index contributed by atoms with van der Waals surface area (Å²) < 4.78 is 0. The van der Waals surface area contributed by atoms with Gasteiger partial charge in [0.15, 0.2) is 0 Å². The Morgan fingerprint density at radius 3 is 2.73 bits per heavy atom. The lowest BCUT2D eigenvalue weighted by Crippen LogP contribution is -2.48. The van der Waals surface area contributed by atoms with E-state index in [4.69, 9.17) is 0 Å². The van der Waals surface area contributed by atoms with Crippen LogP contribution in [-0.4, -0.2) is 29.0 Å². The van der Waals surface area contributed by atoms with Crippen LogP contribution in [0.2, 0.25) is 0 Å². The van der Waals surface area contributed by atoms with Crippen LogP contribution in [0.4, 0.5) is 0 Å². The largest absolute Gasteiger partial charge is 0.349 e. The van der Waals surface area contributed by atoms with Crippen molar-refractivity contribution < 1.29 is 4.79 Å². The fourth-order valence-electron chi connectivity index (χ4n) is 3.93. The van der Waals surface area contributed by atoms with Crippen molar-refractivity contribution in [2.24, 2.45) is 0 Å². The van der Waals surface area contributed by atoms with Gasteiger partial charge in [-0.25, -0.2) is 0 Å². The predicted octanol–water partition coefficient (Wildman–Crippen LogP) is 2.56. The van der Waals surface area contributed by atoms with Gasteiger partial charge in [-0.1, -0.05) is 18.2 Å². The molecule has 2 aliphatic rings. The second-order valence-corrected chi connectivity index (χ2v) is 6.61. The van der Waals surface area contributed by atoms with Crippen LogP contribution in [0.25, 0.3) is 10.9 Å². The normalized spacial score (nSPS) is 27.0. The van der Waals surface area contributed by atoms with Gasteiger partial charge in [0.2, 0.25) is 0 Å². The number of carbonyl (C=O) groups is 1. The fraction of sp³-hybridized carbons (Fsp3) is 0.444. The van der Waals surface area contributed by atoms with Gasteiger partial charge in [0.1, 0.15) is 0 Å². The van der Waals surface area contributed by atoms with E-state index >= 15 is 0 Å². The lowest BCUT2D eigenvalue weighted by Gasteiger charge is -2.29. The van der Waals surface area contributed by atoms with Crippen molar-refractivity contribution in [1.82, 2.24) is 15.6 Å². The lowest BCUT2D eigenvalue weighted by molar-refractivity contribution is 0.0925. The summed E-state index contributed by atoms with van der Waals surface area (Å²) in [6.07, 6.45) is 4.58. The fourth-order valence-corrected chi connectivity index (χ4v) is 3.93. The maximum atomic E-state index is 12.8. The Hall–Kier alpha value is -1.94. The van der Waals surface area contributed by atoms with Gasteiger partial charge in [-0.2, -0.15) is 0 Å². The second-order valence-electron chi connectivity index (χ2n) is 6.61. The molecule has 2 saturated heterocycles. The van der Waals surface area contributed by atoms with Crippen molar-refractivity contribution in [2.45, 2.75) is 50.7 Å². The van der Waals surface area contributed by atoms with Gasteiger partial charge in [0.05, 0.1) is 11.1 Å². The number of carbonyl (C=O) groups excluding carboxylic acids is 1. The van der Waals surface area contributed by atoms with Gasteiger partial charge in [0, 0.05) is 29.2 Å². The topological polar surface area (TPSA) is 54.0 Å². The number of aryl methyl sites for hydroxylation is 1. The summed E-state index contributed by atoms with van der Waals surface area (Å²) in [7, 11) is 0. The minimum Gasteiger partial charge on any atom is -0.349 e. The number of nitrogens with one attached hydrogen (secondary N) is 2. The molecule has 0 aliphatic carbocycles. The molecule has 3 heterocycles. The quantitative estimate of drug-likeness (QED) is 0.895. The highest BCUT2D eigenvalue weighted by molar-refractivity contribution is 6.06. The Balaban J connectivity index is 1.60. The van der Waals surface area contributed by atoms with Crippen molar-refractivity contribution in [3.63, 3.8) is 0 Å². The smallest absolute Gasteiger partial charge is 0.252 e. The first-order valence-corrected chi connectivity index (χ1v) is 8.12. The number of rotatable bonds is 2. The SMILES string of the molecule is Cc1cc(C(=O)NC2CC3CCC(C2)N3)c2ccccc2n1. The number of piperidine rings is 1. The minimum absolute atomic E-state index is 0.0352. The second kappa shape index (κ2) is 5.36. The number of hydrogen-bond acceptors (Lipinski definition) is 3. The highest BCUT2D eigenvalue weighted by Gasteiger charge is 2.34. The number of para-hydroxylation sites is 1. The lowest BCUT2D eigenvalue weighted by atomic mass is 9.99. The third-order valence-electron chi connectivity index (χ3n) is 4.90. The highest BCUT2D eigenvalue weighted by Crippen LogP contribution is 2.27. The van der Waals surface area contributed by atoms with Crippen molar-refractivity contribution in [1.29, 1.82) is 0 Å². The molecule has 2 aliphatic heterocycles. The highest BCUT2D eigenvalue weighted by atomic mass is 16.1. The van der Waals surface area contributed by atoms with Crippen molar-refractivity contribution in [3.8, 4) is 0 Å². The van der Waals surface area contributed by atoms with Crippen molar-refractivity contribution in [3.05, 3.63) is 41.6 Å². The third kappa shape index (κ3) is 2.48. The van der Waals surface area contributed by atoms with Crippen LogP contribution in [0.1, 0.15) is 41.7 Å². The first-order chi connectivity index (χ1) is 10.7. The van der Waals surface area contributed by atoms with E-state index < -0.39 is 0 Å². The number of benzene rings is 1. The van der Waals surface area contributed by atoms with E-state index in [-0.39, 0.29) is 5.91 Å². The maximum absolute atomic E-state index is 12.8. The number of pyridine rings is 1. The predicted molar refractivity (Wildman–Crippen MR) is 86.9 cm³/mol. The van der Waals surface area contributed by atoms with Crippen molar-refractivity contribution in [2.75, 3.05) is 0 Å². The molecular formula is C18H21N3O. The number of nitrogens with zero attached hydrogens (tertiary/aromatic N) is 1. The molecule has 2 unspecified atom stereocenters.